The molecule has 67 heavy (non-hydrogen) atoms. The number of hydrogen-bond donors (Lipinski definition) is 0. The third-order valence-electron chi connectivity index (χ3n) is 15.1. The molecular formula is C65H54N2. The lowest BCUT2D eigenvalue weighted by Gasteiger charge is -2.29. The van der Waals surface area contributed by atoms with Crippen LogP contribution in [0.15, 0.2) is 200 Å². The minimum absolute atomic E-state index is 0.145. The van der Waals surface area contributed by atoms with E-state index in [9.17, 15) is 0 Å². The maximum Gasteiger partial charge on any atom is 0.0543 e. The van der Waals surface area contributed by atoms with Gasteiger partial charge in [0.05, 0.1) is 11.2 Å². The number of fused-ring (bicyclic) bond motifs is 9. The second-order valence-electron chi connectivity index (χ2n) is 19.5. The smallest absolute Gasteiger partial charge is 0.0543 e. The first-order valence-electron chi connectivity index (χ1n) is 23.9. The normalized spacial score (nSPS) is 14.1. The van der Waals surface area contributed by atoms with Gasteiger partial charge < -0.3 is 9.47 Å². The zero-order valence-electron chi connectivity index (χ0n) is 39.2. The quantitative estimate of drug-likeness (QED) is 0.148. The van der Waals surface area contributed by atoms with Gasteiger partial charge in [-0.2, -0.15) is 0 Å². The van der Waals surface area contributed by atoms with Crippen molar-refractivity contribution in [2.45, 2.75) is 58.8 Å². The van der Waals surface area contributed by atoms with Crippen molar-refractivity contribution >= 4 is 44.8 Å². The average Bonchev–Trinajstić information content (AvgIpc) is 3.90. The Morgan fingerprint density at radius 1 is 0.478 bits per heavy atom. The molecule has 0 fully saturated rings. The van der Waals surface area contributed by atoms with Gasteiger partial charge >= 0.3 is 0 Å². The van der Waals surface area contributed by atoms with E-state index in [1.807, 2.05) is 0 Å². The molecule has 1 heterocycles. The van der Waals surface area contributed by atoms with E-state index in [2.05, 4.69) is 257 Å². The number of para-hydroxylation sites is 1. The summed E-state index contributed by atoms with van der Waals surface area (Å²) in [6.07, 6.45) is 5.36. The van der Waals surface area contributed by atoms with Gasteiger partial charge in [0.25, 0.3) is 0 Å². The molecule has 0 saturated carbocycles. The first-order chi connectivity index (χ1) is 32.7. The van der Waals surface area contributed by atoms with E-state index < -0.39 is 0 Å². The summed E-state index contributed by atoms with van der Waals surface area (Å²) in [4.78, 5) is 2.49. The van der Waals surface area contributed by atoms with Crippen LogP contribution < -0.4 is 4.90 Å². The van der Waals surface area contributed by atoms with E-state index in [4.69, 9.17) is 0 Å². The Hall–Kier alpha value is -7.68. The number of allylic oxidation sites excluding steroid dienone is 1. The zero-order chi connectivity index (χ0) is 45.6. The number of aromatic nitrogens is 1. The van der Waals surface area contributed by atoms with Crippen molar-refractivity contribution in [3.63, 3.8) is 0 Å². The number of aryl methyl sites for hydroxylation is 1. The fourth-order valence-corrected chi connectivity index (χ4v) is 11.7. The van der Waals surface area contributed by atoms with Crippen LogP contribution in [0.4, 0.5) is 17.1 Å². The number of rotatable bonds is 8. The molecule has 0 aliphatic heterocycles. The summed E-state index contributed by atoms with van der Waals surface area (Å²) in [5.41, 5.74) is 23.9. The summed E-state index contributed by atoms with van der Waals surface area (Å²) in [6.45, 7) is 14.0. The van der Waals surface area contributed by atoms with Crippen molar-refractivity contribution in [1.82, 2.24) is 4.57 Å². The highest BCUT2D eigenvalue weighted by Gasteiger charge is 2.43. The second-order valence-corrected chi connectivity index (χ2v) is 19.5. The van der Waals surface area contributed by atoms with Gasteiger partial charge in [0, 0.05) is 44.5 Å². The molecular weight excluding hydrogens is 809 g/mol. The van der Waals surface area contributed by atoms with Gasteiger partial charge in [0.2, 0.25) is 0 Å². The van der Waals surface area contributed by atoms with Gasteiger partial charge in [-0.1, -0.05) is 168 Å². The third-order valence-corrected chi connectivity index (χ3v) is 15.1. The summed E-state index contributed by atoms with van der Waals surface area (Å²) in [5.74, 6) is 0. The SMILES string of the molecule is C/C=C\c1c(CC)c2cc(-c3ccc(N(c4ccc(-c5ccccc5)cc4)c4cccc5c4-c4cc6c(cc4C5(C)C)-c4c(ccc5ccccc45)C6(C)C)cc3)ccc2n1-c1ccccc1. The van der Waals surface area contributed by atoms with E-state index in [1.165, 1.54) is 111 Å². The molecule has 10 aromatic rings. The fourth-order valence-electron chi connectivity index (χ4n) is 11.7. The topological polar surface area (TPSA) is 8.17 Å². The Balaban J connectivity index is 1.01. The molecule has 0 N–H and O–H groups in total. The van der Waals surface area contributed by atoms with Crippen LogP contribution in [0.5, 0.6) is 0 Å². The molecule has 9 aromatic carbocycles. The van der Waals surface area contributed by atoms with Crippen molar-refractivity contribution in [3.8, 4) is 50.2 Å². The van der Waals surface area contributed by atoms with Crippen molar-refractivity contribution in [1.29, 1.82) is 0 Å². The lowest BCUT2D eigenvalue weighted by molar-refractivity contribution is 0.652. The van der Waals surface area contributed by atoms with Gasteiger partial charge in [-0.05, 0) is 164 Å². The van der Waals surface area contributed by atoms with E-state index in [0.717, 1.165) is 17.8 Å². The largest absolute Gasteiger partial charge is 0.310 e. The first kappa shape index (κ1) is 40.8. The van der Waals surface area contributed by atoms with Crippen LogP contribution in [0.2, 0.25) is 0 Å². The fraction of sp³-hybridized carbons (Fsp3) is 0.138. The molecule has 0 amide bonds. The number of anilines is 3. The second kappa shape index (κ2) is 15.5. The minimum Gasteiger partial charge on any atom is -0.310 e. The van der Waals surface area contributed by atoms with Crippen LogP contribution in [0.25, 0.3) is 77.9 Å². The molecule has 0 bridgehead atoms. The highest BCUT2D eigenvalue weighted by Crippen LogP contribution is 2.59. The van der Waals surface area contributed by atoms with Gasteiger partial charge in [-0.3, -0.25) is 0 Å². The Kier molecular flexibility index (Phi) is 9.42. The maximum absolute atomic E-state index is 2.56. The average molecular weight is 863 g/mol. The first-order valence-corrected chi connectivity index (χ1v) is 23.9. The molecule has 0 atom stereocenters. The van der Waals surface area contributed by atoms with Crippen LogP contribution in [0.3, 0.4) is 0 Å². The molecule has 2 aliphatic carbocycles. The molecule has 0 spiro atoms. The Labute approximate surface area is 395 Å². The van der Waals surface area contributed by atoms with E-state index in [-0.39, 0.29) is 10.8 Å². The molecule has 2 nitrogen and oxygen atoms in total. The Morgan fingerprint density at radius 2 is 1.04 bits per heavy atom. The predicted octanol–water partition coefficient (Wildman–Crippen LogP) is 17.8. The summed E-state index contributed by atoms with van der Waals surface area (Å²) in [5, 5.41) is 3.93. The lowest BCUT2D eigenvalue weighted by Crippen LogP contribution is -2.17. The van der Waals surface area contributed by atoms with Gasteiger partial charge in [0.15, 0.2) is 0 Å². The summed E-state index contributed by atoms with van der Waals surface area (Å²) < 4.78 is 2.41. The highest BCUT2D eigenvalue weighted by atomic mass is 15.1. The minimum atomic E-state index is -0.206. The predicted molar refractivity (Wildman–Crippen MR) is 286 cm³/mol. The van der Waals surface area contributed by atoms with Gasteiger partial charge in [-0.15, -0.1) is 0 Å². The van der Waals surface area contributed by atoms with E-state index >= 15 is 0 Å². The van der Waals surface area contributed by atoms with Crippen LogP contribution in [-0.2, 0) is 17.3 Å². The van der Waals surface area contributed by atoms with Crippen molar-refractivity contribution in [3.05, 3.63) is 234 Å². The molecule has 1 aromatic heterocycles. The Morgan fingerprint density at radius 3 is 1.70 bits per heavy atom. The van der Waals surface area contributed by atoms with E-state index in [0.29, 0.717) is 0 Å². The number of hydrogen-bond acceptors (Lipinski definition) is 1. The monoisotopic (exact) mass is 862 g/mol. The van der Waals surface area contributed by atoms with Crippen LogP contribution >= 0.6 is 0 Å². The zero-order valence-corrected chi connectivity index (χ0v) is 39.2. The van der Waals surface area contributed by atoms with Crippen molar-refractivity contribution < 1.29 is 0 Å². The molecule has 2 heteroatoms. The summed E-state index contributed by atoms with van der Waals surface area (Å²) in [6, 6.07) is 72.5. The number of benzene rings is 9. The molecule has 0 radical (unpaired) electrons. The van der Waals surface area contributed by atoms with Crippen molar-refractivity contribution in [2.75, 3.05) is 4.90 Å². The van der Waals surface area contributed by atoms with Gasteiger partial charge in [0.1, 0.15) is 0 Å². The molecule has 2 aliphatic rings. The summed E-state index contributed by atoms with van der Waals surface area (Å²) >= 11 is 0. The number of nitrogens with zero attached hydrogens (tertiary/aromatic N) is 2. The van der Waals surface area contributed by atoms with Crippen LogP contribution in [-0.4, -0.2) is 4.57 Å². The molecule has 0 saturated heterocycles. The van der Waals surface area contributed by atoms with Crippen LogP contribution in [0, 0.1) is 0 Å². The van der Waals surface area contributed by atoms with Crippen molar-refractivity contribution in [2.24, 2.45) is 0 Å². The summed E-state index contributed by atoms with van der Waals surface area (Å²) in [7, 11) is 0. The maximum atomic E-state index is 2.56. The lowest BCUT2D eigenvalue weighted by atomic mass is 9.79. The van der Waals surface area contributed by atoms with E-state index in [1.54, 1.807) is 0 Å². The third kappa shape index (κ3) is 6.23. The standard InChI is InChI=1S/C65H54N2/c1-7-18-59-50(8-2)52-39-46(32-38-60(52)67(59)47-22-13-10-14-23-47)44-29-35-49(36-30-44)66(48-33-27-43(28-34-48)42-19-11-9-12-20-42)61-26-17-25-55-63(61)54-41-57-53(40-58(54)64(55,3)4)62-51-24-16-15-21-45(51)31-37-56(62)65(57,5)6/h7,9-41H,8H2,1-6H3/b18-7-. The highest BCUT2D eigenvalue weighted by molar-refractivity contribution is 6.05. The van der Waals surface area contributed by atoms with Crippen LogP contribution in [0.1, 0.15) is 75.1 Å². The van der Waals surface area contributed by atoms with Gasteiger partial charge in [-0.25, -0.2) is 0 Å². The molecule has 324 valence electrons. The Bertz CT molecular complexity index is 3590. The molecule has 0 unspecified atom stereocenters. The molecule has 12 rings (SSSR count).